The van der Waals surface area contributed by atoms with E-state index in [2.05, 4.69) is 58.3 Å². The van der Waals surface area contributed by atoms with Gasteiger partial charge in [-0.15, -0.1) is 0 Å². The van der Waals surface area contributed by atoms with Crippen LogP contribution in [0.4, 0.5) is 5.69 Å². The molecule has 0 aliphatic rings. The Morgan fingerprint density at radius 1 is 1.27 bits per heavy atom. The van der Waals surface area contributed by atoms with Gasteiger partial charge in [-0.1, -0.05) is 15.9 Å². The third-order valence-corrected chi connectivity index (χ3v) is 4.56. The fourth-order valence-electron chi connectivity index (χ4n) is 1.77. The smallest absolute Gasteiger partial charge is 0.277 e. The minimum absolute atomic E-state index is 0.0961. The molecule has 0 saturated heterocycles. The van der Waals surface area contributed by atoms with Gasteiger partial charge in [0.15, 0.2) is 6.61 Å². The number of hydrogen-bond acceptors (Lipinski definition) is 6. The Bertz CT molecular complexity index is 866. The maximum Gasteiger partial charge on any atom is 0.277 e. The van der Waals surface area contributed by atoms with Crippen LogP contribution in [0.3, 0.4) is 0 Å². The van der Waals surface area contributed by atoms with Gasteiger partial charge in [0, 0.05) is 22.2 Å². The number of hydrazone groups is 1. The summed E-state index contributed by atoms with van der Waals surface area (Å²) in [6.07, 6.45) is 1.10. The van der Waals surface area contributed by atoms with E-state index in [-0.39, 0.29) is 23.6 Å². The van der Waals surface area contributed by atoms with E-state index in [1.165, 1.54) is 6.07 Å². The molecule has 0 heterocycles. The quantitative estimate of drug-likeness (QED) is 0.318. The predicted octanol–water partition coefficient (Wildman–Crippen LogP) is 4.12. The average molecular weight is 552 g/mol. The number of nitro groups is 1. The highest BCUT2D eigenvalue weighted by atomic mass is 79.9. The third kappa shape index (κ3) is 5.51. The van der Waals surface area contributed by atoms with Crippen molar-refractivity contribution >= 4 is 65.6 Å². The number of aromatic hydroxyl groups is 1. The second-order valence-electron chi connectivity index (χ2n) is 4.78. The first kappa shape index (κ1) is 20.3. The van der Waals surface area contributed by atoms with Gasteiger partial charge in [-0.25, -0.2) is 5.43 Å². The maximum absolute atomic E-state index is 11.8. The van der Waals surface area contributed by atoms with Gasteiger partial charge in [-0.05, 0) is 50.1 Å². The predicted molar refractivity (Wildman–Crippen MR) is 106 cm³/mol. The molecule has 0 radical (unpaired) electrons. The lowest BCUT2D eigenvalue weighted by molar-refractivity contribution is -0.384. The van der Waals surface area contributed by atoms with Gasteiger partial charge in [0.05, 0.1) is 20.1 Å². The van der Waals surface area contributed by atoms with Crippen LogP contribution in [-0.4, -0.2) is 28.8 Å². The van der Waals surface area contributed by atoms with Gasteiger partial charge in [-0.2, -0.15) is 5.10 Å². The van der Waals surface area contributed by atoms with E-state index in [4.69, 9.17) is 4.74 Å². The van der Waals surface area contributed by atoms with Gasteiger partial charge >= 0.3 is 0 Å². The van der Waals surface area contributed by atoms with E-state index >= 15 is 0 Å². The average Bonchev–Trinajstić information content (AvgIpc) is 2.55. The van der Waals surface area contributed by atoms with Crippen LogP contribution in [0.1, 0.15) is 5.56 Å². The highest BCUT2D eigenvalue weighted by Gasteiger charge is 2.11. The van der Waals surface area contributed by atoms with Crippen molar-refractivity contribution < 1.29 is 19.6 Å². The van der Waals surface area contributed by atoms with Crippen LogP contribution in [0, 0.1) is 10.1 Å². The summed E-state index contributed by atoms with van der Waals surface area (Å²) in [4.78, 5) is 21.9. The number of halogens is 3. The molecule has 0 fully saturated rings. The third-order valence-electron chi connectivity index (χ3n) is 2.93. The molecule has 2 aromatic rings. The maximum atomic E-state index is 11.8. The largest absolute Gasteiger partial charge is 0.507 e. The lowest BCUT2D eigenvalue weighted by Gasteiger charge is -2.09. The summed E-state index contributed by atoms with van der Waals surface area (Å²) in [5.74, 6) is -0.302. The molecular formula is C15H10Br3N3O5. The second-order valence-corrected chi connectivity index (χ2v) is 7.40. The van der Waals surface area contributed by atoms with E-state index in [1.54, 1.807) is 12.1 Å². The number of nitro benzene ring substituents is 1. The number of carbonyl (C=O) groups is 1. The summed E-state index contributed by atoms with van der Waals surface area (Å²) >= 11 is 9.98. The number of phenols is 1. The fourth-order valence-corrected chi connectivity index (χ4v) is 4.26. The summed E-state index contributed by atoms with van der Waals surface area (Å²) < 4.78 is 7.55. The Hall–Kier alpha value is -1.98. The molecule has 0 aliphatic carbocycles. The summed E-state index contributed by atoms with van der Waals surface area (Å²) in [5.41, 5.74) is 2.10. The van der Waals surface area contributed by atoms with Crippen molar-refractivity contribution in [3.8, 4) is 11.5 Å². The van der Waals surface area contributed by atoms with E-state index in [0.717, 1.165) is 22.8 Å². The number of hydrogen-bond donors (Lipinski definition) is 2. The summed E-state index contributed by atoms with van der Waals surface area (Å²) in [6, 6.07) is 7.00. The molecular weight excluding hydrogens is 542 g/mol. The molecule has 0 saturated carbocycles. The van der Waals surface area contributed by atoms with Crippen LogP contribution >= 0.6 is 47.8 Å². The number of amides is 1. The zero-order valence-corrected chi connectivity index (χ0v) is 17.5. The lowest BCUT2D eigenvalue weighted by atomic mass is 10.2. The molecule has 2 rings (SSSR count). The van der Waals surface area contributed by atoms with Crippen molar-refractivity contribution in [3.63, 3.8) is 0 Å². The molecule has 0 aliphatic heterocycles. The first-order valence-corrected chi connectivity index (χ1v) is 9.22. The molecule has 1 amide bonds. The van der Waals surface area contributed by atoms with E-state index in [9.17, 15) is 20.0 Å². The number of rotatable bonds is 6. The molecule has 2 aromatic carbocycles. The topological polar surface area (TPSA) is 114 Å². The molecule has 0 spiro atoms. The van der Waals surface area contributed by atoms with Crippen LogP contribution < -0.4 is 10.2 Å². The molecule has 8 nitrogen and oxygen atoms in total. The van der Waals surface area contributed by atoms with Crippen molar-refractivity contribution in [2.75, 3.05) is 6.61 Å². The van der Waals surface area contributed by atoms with Gasteiger partial charge in [0.25, 0.3) is 11.6 Å². The zero-order chi connectivity index (χ0) is 19.3. The molecule has 0 bridgehead atoms. The van der Waals surface area contributed by atoms with Crippen LogP contribution in [-0.2, 0) is 4.79 Å². The zero-order valence-electron chi connectivity index (χ0n) is 12.8. The Morgan fingerprint density at radius 2 is 1.92 bits per heavy atom. The minimum Gasteiger partial charge on any atom is -0.507 e. The SMILES string of the molecule is O=C(COc1c(Br)cc(Br)cc1Br)N/N=C\c1cc([N+](=O)[O-])ccc1O. The first-order chi connectivity index (χ1) is 12.3. The van der Waals surface area contributed by atoms with Gasteiger partial charge < -0.3 is 9.84 Å². The van der Waals surface area contributed by atoms with Crippen LogP contribution in [0.25, 0.3) is 0 Å². The number of ether oxygens (including phenoxy) is 1. The Labute approximate surface area is 172 Å². The summed E-state index contributed by atoms with van der Waals surface area (Å²) in [5, 5.41) is 24.0. The van der Waals surface area contributed by atoms with Crippen molar-refractivity contribution in [2.24, 2.45) is 5.10 Å². The molecule has 136 valence electrons. The normalized spacial score (nSPS) is 10.7. The number of benzene rings is 2. The molecule has 2 N–H and O–H groups in total. The van der Waals surface area contributed by atoms with Crippen molar-refractivity contribution in [3.05, 3.63) is 59.4 Å². The number of nitrogens with one attached hydrogen (secondary N) is 1. The first-order valence-electron chi connectivity index (χ1n) is 6.84. The molecule has 26 heavy (non-hydrogen) atoms. The van der Waals surface area contributed by atoms with Crippen LogP contribution in [0.2, 0.25) is 0 Å². The lowest BCUT2D eigenvalue weighted by Crippen LogP contribution is -2.24. The standard InChI is InChI=1S/C15H10Br3N3O5/c16-9-4-11(17)15(12(18)5-9)26-7-14(23)20-19-6-8-3-10(21(24)25)1-2-13(8)22/h1-6,22H,7H2,(H,20,23)/b19-6-. The van der Waals surface area contributed by atoms with Crippen LogP contribution in [0.15, 0.2) is 48.9 Å². The molecule has 11 heteroatoms. The summed E-state index contributed by atoms with van der Waals surface area (Å²) in [7, 11) is 0. The molecule has 0 atom stereocenters. The van der Waals surface area contributed by atoms with Crippen molar-refractivity contribution in [2.45, 2.75) is 0 Å². The number of phenolic OH excluding ortho intramolecular Hbond substituents is 1. The number of nitrogens with zero attached hydrogens (tertiary/aromatic N) is 2. The second kappa shape index (κ2) is 9.10. The molecule has 0 unspecified atom stereocenters. The summed E-state index contributed by atoms with van der Waals surface area (Å²) in [6.45, 7) is -0.308. The van der Waals surface area contributed by atoms with E-state index in [1.807, 2.05) is 0 Å². The van der Waals surface area contributed by atoms with E-state index < -0.39 is 10.8 Å². The minimum atomic E-state index is -0.600. The highest BCUT2D eigenvalue weighted by Crippen LogP contribution is 2.36. The Balaban J connectivity index is 1.96. The van der Waals surface area contributed by atoms with E-state index in [0.29, 0.717) is 14.7 Å². The van der Waals surface area contributed by atoms with Gasteiger partial charge in [0.1, 0.15) is 11.5 Å². The highest BCUT2D eigenvalue weighted by molar-refractivity contribution is 9.11. The van der Waals surface area contributed by atoms with Gasteiger partial charge in [-0.3, -0.25) is 14.9 Å². The monoisotopic (exact) mass is 549 g/mol. The fraction of sp³-hybridized carbons (Fsp3) is 0.0667. The Kier molecular flexibility index (Phi) is 7.12. The Morgan fingerprint density at radius 3 is 2.54 bits per heavy atom. The number of carbonyl (C=O) groups excluding carboxylic acids is 1. The van der Waals surface area contributed by atoms with Crippen LogP contribution in [0.5, 0.6) is 11.5 Å². The van der Waals surface area contributed by atoms with Crippen molar-refractivity contribution in [1.29, 1.82) is 0 Å². The number of non-ortho nitro benzene ring substituents is 1. The van der Waals surface area contributed by atoms with Crippen molar-refractivity contribution in [1.82, 2.24) is 5.43 Å². The molecule has 0 aromatic heterocycles. The van der Waals surface area contributed by atoms with Gasteiger partial charge in [0.2, 0.25) is 0 Å².